The van der Waals surface area contributed by atoms with E-state index in [4.69, 9.17) is 4.74 Å². The molecule has 0 bridgehead atoms. The fourth-order valence-electron chi connectivity index (χ4n) is 3.73. The highest BCUT2D eigenvalue weighted by Gasteiger charge is 2.35. The van der Waals surface area contributed by atoms with Crippen LogP contribution in [0.15, 0.2) is 23.3 Å². The van der Waals surface area contributed by atoms with Crippen LogP contribution in [0.2, 0.25) is 0 Å². The Labute approximate surface area is 157 Å². The Kier molecular flexibility index (Phi) is 6.12. The summed E-state index contributed by atoms with van der Waals surface area (Å²) in [6.45, 7) is 14.8. The van der Waals surface area contributed by atoms with Crippen LogP contribution >= 0.6 is 0 Å². The summed E-state index contributed by atoms with van der Waals surface area (Å²) in [4.78, 5) is 12.2. The molecular formula is C21H33N3O2. The number of amides is 1. The van der Waals surface area contributed by atoms with Gasteiger partial charge < -0.3 is 10.1 Å². The molecule has 1 heterocycles. The minimum Gasteiger partial charge on any atom is -0.483 e. The molecular weight excluding hydrogens is 326 g/mol. The Morgan fingerprint density at radius 3 is 2.42 bits per heavy atom. The minimum absolute atomic E-state index is 0.0322. The number of ether oxygens (including phenoxy) is 1. The van der Waals surface area contributed by atoms with Crippen LogP contribution in [-0.2, 0) is 4.79 Å². The molecule has 1 aromatic rings. The Morgan fingerprint density at radius 2 is 1.85 bits per heavy atom. The van der Waals surface area contributed by atoms with Crippen LogP contribution in [0.1, 0.15) is 71.4 Å². The van der Waals surface area contributed by atoms with Gasteiger partial charge in [0.05, 0.1) is 0 Å². The van der Waals surface area contributed by atoms with Gasteiger partial charge in [-0.1, -0.05) is 26.0 Å². The number of hydrogen-bond acceptors (Lipinski definition) is 4. The number of nitrogens with zero attached hydrogens (tertiary/aromatic N) is 1. The van der Waals surface area contributed by atoms with E-state index in [1.807, 2.05) is 13.0 Å². The highest BCUT2D eigenvalue weighted by Crippen LogP contribution is 2.28. The molecule has 0 aromatic heterocycles. The van der Waals surface area contributed by atoms with Crippen LogP contribution in [0.3, 0.4) is 0 Å². The van der Waals surface area contributed by atoms with Crippen molar-refractivity contribution >= 4 is 11.6 Å². The SMILES string of the molecule is Cc1ccc(C(C)C)c(OCC(=O)NN=C2CC(C)(C)NC(C)(C)C2)c1. The molecule has 0 unspecified atom stereocenters. The van der Waals surface area contributed by atoms with Crippen molar-refractivity contribution in [1.29, 1.82) is 0 Å². The predicted molar refractivity (Wildman–Crippen MR) is 107 cm³/mol. The van der Waals surface area contributed by atoms with E-state index >= 15 is 0 Å². The zero-order valence-electron chi connectivity index (χ0n) is 17.2. The van der Waals surface area contributed by atoms with Crippen molar-refractivity contribution in [1.82, 2.24) is 10.7 Å². The maximum atomic E-state index is 12.2. The van der Waals surface area contributed by atoms with E-state index < -0.39 is 0 Å². The first-order chi connectivity index (χ1) is 12.0. The lowest BCUT2D eigenvalue weighted by Gasteiger charge is -2.43. The van der Waals surface area contributed by atoms with Gasteiger partial charge in [0.1, 0.15) is 5.75 Å². The van der Waals surface area contributed by atoms with Gasteiger partial charge in [0.25, 0.3) is 5.91 Å². The number of rotatable bonds is 5. The van der Waals surface area contributed by atoms with Crippen LogP contribution in [-0.4, -0.2) is 29.3 Å². The summed E-state index contributed by atoms with van der Waals surface area (Å²) in [5.74, 6) is 0.878. The Bertz CT molecular complexity index is 672. The second-order valence-corrected chi connectivity index (χ2v) is 8.94. The van der Waals surface area contributed by atoms with Crippen LogP contribution in [0.5, 0.6) is 5.75 Å². The monoisotopic (exact) mass is 359 g/mol. The molecule has 2 N–H and O–H groups in total. The fraction of sp³-hybridized carbons (Fsp3) is 0.619. The van der Waals surface area contributed by atoms with Crippen molar-refractivity contribution in [2.45, 2.75) is 78.3 Å². The summed E-state index contributed by atoms with van der Waals surface area (Å²) in [5.41, 5.74) is 5.82. The molecule has 1 fully saturated rings. The third kappa shape index (κ3) is 5.84. The van der Waals surface area contributed by atoms with E-state index in [9.17, 15) is 4.79 Å². The molecule has 2 rings (SSSR count). The summed E-state index contributed by atoms with van der Waals surface area (Å²) < 4.78 is 5.77. The van der Waals surface area contributed by atoms with Gasteiger partial charge in [-0.2, -0.15) is 5.10 Å². The van der Waals surface area contributed by atoms with Gasteiger partial charge >= 0.3 is 0 Å². The highest BCUT2D eigenvalue weighted by atomic mass is 16.5. The lowest BCUT2D eigenvalue weighted by molar-refractivity contribution is -0.123. The quantitative estimate of drug-likeness (QED) is 0.784. The van der Waals surface area contributed by atoms with Gasteiger partial charge in [-0.25, -0.2) is 5.43 Å². The van der Waals surface area contributed by atoms with Crippen molar-refractivity contribution in [3.05, 3.63) is 29.3 Å². The number of hydrazone groups is 1. The zero-order chi connectivity index (χ0) is 19.5. The zero-order valence-corrected chi connectivity index (χ0v) is 17.2. The standard InChI is InChI=1S/C21H33N3O2/c1-14(2)17-9-8-15(3)10-18(17)26-13-19(25)23-22-16-11-20(4,5)24-21(6,7)12-16/h8-10,14,24H,11-13H2,1-7H3,(H,23,25). The summed E-state index contributed by atoms with van der Waals surface area (Å²) in [6, 6.07) is 6.11. The van der Waals surface area contributed by atoms with E-state index in [1.165, 1.54) is 0 Å². The Morgan fingerprint density at radius 1 is 1.23 bits per heavy atom. The van der Waals surface area contributed by atoms with Crippen LogP contribution in [0.25, 0.3) is 0 Å². The Balaban J connectivity index is 1.97. The van der Waals surface area contributed by atoms with E-state index in [1.54, 1.807) is 0 Å². The van der Waals surface area contributed by atoms with Crippen molar-refractivity contribution in [2.24, 2.45) is 5.10 Å². The molecule has 0 atom stereocenters. The largest absolute Gasteiger partial charge is 0.483 e. The van der Waals surface area contributed by atoms with Crippen molar-refractivity contribution in [2.75, 3.05) is 6.61 Å². The van der Waals surface area contributed by atoms with Gasteiger partial charge in [-0.15, -0.1) is 0 Å². The average Bonchev–Trinajstić information content (AvgIpc) is 2.47. The first kappa shape index (κ1) is 20.4. The molecule has 26 heavy (non-hydrogen) atoms. The van der Waals surface area contributed by atoms with E-state index in [0.717, 1.165) is 35.4 Å². The summed E-state index contributed by atoms with van der Waals surface area (Å²) >= 11 is 0. The third-order valence-corrected chi connectivity index (χ3v) is 4.46. The minimum atomic E-state index is -0.233. The maximum Gasteiger partial charge on any atom is 0.277 e. The molecule has 144 valence electrons. The van der Waals surface area contributed by atoms with Crippen molar-refractivity contribution < 1.29 is 9.53 Å². The molecule has 0 spiro atoms. The number of hydrogen-bond donors (Lipinski definition) is 2. The molecule has 5 nitrogen and oxygen atoms in total. The lowest BCUT2D eigenvalue weighted by atomic mass is 9.81. The fourth-order valence-corrected chi connectivity index (χ4v) is 3.73. The molecule has 1 aromatic carbocycles. The van der Waals surface area contributed by atoms with Crippen LogP contribution in [0, 0.1) is 6.92 Å². The van der Waals surface area contributed by atoms with Crippen LogP contribution < -0.4 is 15.5 Å². The van der Waals surface area contributed by atoms with Gasteiger partial charge in [-0.3, -0.25) is 4.79 Å². The summed E-state index contributed by atoms with van der Waals surface area (Å²) in [5, 5.41) is 7.96. The molecule has 1 amide bonds. The lowest BCUT2D eigenvalue weighted by Crippen LogP contribution is -2.58. The van der Waals surface area contributed by atoms with Gasteiger partial charge in [0, 0.05) is 29.6 Å². The molecule has 0 saturated carbocycles. The third-order valence-electron chi connectivity index (χ3n) is 4.46. The van der Waals surface area contributed by atoms with Gasteiger partial charge in [-0.05, 0) is 57.7 Å². The van der Waals surface area contributed by atoms with E-state index in [2.05, 4.69) is 69.5 Å². The Hall–Kier alpha value is -1.88. The normalized spacial score (nSPS) is 18.5. The van der Waals surface area contributed by atoms with Crippen molar-refractivity contribution in [3.8, 4) is 5.75 Å². The average molecular weight is 360 g/mol. The summed E-state index contributed by atoms with van der Waals surface area (Å²) in [6.07, 6.45) is 1.62. The molecule has 1 aliphatic heterocycles. The molecule has 5 heteroatoms. The number of nitrogens with one attached hydrogen (secondary N) is 2. The van der Waals surface area contributed by atoms with Crippen LogP contribution in [0.4, 0.5) is 0 Å². The summed E-state index contributed by atoms with van der Waals surface area (Å²) in [7, 11) is 0. The number of piperidine rings is 1. The molecule has 1 aliphatic rings. The number of aryl methyl sites for hydroxylation is 1. The number of carbonyl (C=O) groups excluding carboxylic acids is 1. The molecule has 0 aliphatic carbocycles. The van der Waals surface area contributed by atoms with E-state index in [-0.39, 0.29) is 23.6 Å². The first-order valence-corrected chi connectivity index (χ1v) is 9.34. The number of benzene rings is 1. The predicted octanol–water partition coefficient (Wildman–Crippen LogP) is 3.91. The van der Waals surface area contributed by atoms with Gasteiger partial charge in [0.15, 0.2) is 6.61 Å². The second-order valence-electron chi connectivity index (χ2n) is 8.94. The van der Waals surface area contributed by atoms with E-state index in [0.29, 0.717) is 5.92 Å². The highest BCUT2D eigenvalue weighted by molar-refractivity contribution is 5.89. The number of carbonyl (C=O) groups is 1. The van der Waals surface area contributed by atoms with Gasteiger partial charge in [0.2, 0.25) is 0 Å². The topological polar surface area (TPSA) is 62.7 Å². The molecule has 0 radical (unpaired) electrons. The van der Waals surface area contributed by atoms with Crippen molar-refractivity contribution in [3.63, 3.8) is 0 Å². The smallest absolute Gasteiger partial charge is 0.277 e. The first-order valence-electron chi connectivity index (χ1n) is 9.34. The molecule has 1 saturated heterocycles. The second kappa shape index (κ2) is 7.78. The maximum absolute atomic E-state index is 12.2.